The van der Waals surface area contributed by atoms with Crippen molar-refractivity contribution in [3.8, 4) is 0 Å². The summed E-state index contributed by atoms with van der Waals surface area (Å²) < 4.78 is 5.35. The first-order chi connectivity index (χ1) is 11.5. The Morgan fingerprint density at radius 2 is 1.79 bits per heavy atom. The molecule has 0 aromatic carbocycles. The van der Waals surface area contributed by atoms with Gasteiger partial charge in [-0.3, -0.25) is 9.59 Å². The lowest BCUT2D eigenvalue weighted by molar-refractivity contribution is -0.139. The van der Waals surface area contributed by atoms with E-state index in [-0.39, 0.29) is 23.8 Å². The zero-order valence-electron chi connectivity index (χ0n) is 14.5. The molecule has 2 heterocycles. The van der Waals surface area contributed by atoms with Gasteiger partial charge < -0.3 is 14.6 Å². The predicted molar refractivity (Wildman–Crippen MR) is 86.9 cm³/mol. The second-order valence-electron chi connectivity index (χ2n) is 6.97. The third-order valence-corrected chi connectivity index (χ3v) is 5.15. The highest BCUT2D eigenvalue weighted by atomic mass is 16.4. The van der Waals surface area contributed by atoms with E-state index in [9.17, 15) is 9.59 Å². The molecule has 24 heavy (non-hydrogen) atoms. The van der Waals surface area contributed by atoms with Crippen LogP contribution in [0, 0.1) is 18.8 Å². The molecule has 1 aromatic heterocycles. The summed E-state index contributed by atoms with van der Waals surface area (Å²) in [6, 6.07) is -0.295. The Morgan fingerprint density at radius 3 is 2.38 bits per heavy atom. The minimum absolute atomic E-state index is 0.00585. The van der Waals surface area contributed by atoms with Crippen molar-refractivity contribution in [1.29, 1.82) is 0 Å². The van der Waals surface area contributed by atoms with Gasteiger partial charge in [-0.05, 0) is 32.6 Å². The van der Waals surface area contributed by atoms with Gasteiger partial charge in [0.1, 0.15) is 6.04 Å². The molecule has 1 aromatic rings. The Kier molecular flexibility index (Phi) is 5.16. The Morgan fingerprint density at radius 1 is 1.12 bits per heavy atom. The third kappa shape index (κ3) is 3.76. The Balaban J connectivity index is 1.47. The van der Waals surface area contributed by atoms with Crippen LogP contribution >= 0.6 is 0 Å². The zero-order valence-corrected chi connectivity index (χ0v) is 14.5. The molecule has 132 valence electrons. The normalized spacial score (nSPS) is 21.0. The van der Waals surface area contributed by atoms with Gasteiger partial charge in [-0.25, -0.2) is 0 Å². The highest BCUT2D eigenvalue weighted by Crippen LogP contribution is 2.28. The molecule has 2 fully saturated rings. The van der Waals surface area contributed by atoms with Gasteiger partial charge in [-0.15, -0.1) is 10.2 Å². The van der Waals surface area contributed by atoms with E-state index in [1.807, 2.05) is 11.8 Å². The van der Waals surface area contributed by atoms with E-state index in [0.717, 1.165) is 25.7 Å². The monoisotopic (exact) mass is 334 g/mol. The standard InChI is InChI=1S/C17H26N4O3/c1-11(16-20-19-12(2)24-16)18-15(22)13-7-9-21(10-8-13)17(23)14-5-3-4-6-14/h11,13-14H,3-10H2,1-2H3,(H,18,22). The number of carbonyl (C=O) groups is 2. The summed E-state index contributed by atoms with van der Waals surface area (Å²) in [4.78, 5) is 26.8. The van der Waals surface area contributed by atoms with Crippen LogP contribution in [0.5, 0.6) is 0 Å². The fourth-order valence-corrected chi connectivity index (χ4v) is 3.67. The Labute approximate surface area is 142 Å². The van der Waals surface area contributed by atoms with Gasteiger partial charge in [0.15, 0.2) is 0 Å². The van der Waals surface area contributed by atoms with Crippen molar-refractivity contribution in [2.75, 3.05) is 13.1 Å². The number of nitrogens with zero attached hydrogens (tertiary/aromatic N) is 3. The van der Waals surface area contributed by atoms with Gasteiger partial charge in [-0.1, -0.05) is 12.8 Å². The van der Waals surface area contributed by atoms with Gasteiger partial charge in [0.2, 0.25) is 23.6 Å². The SMILES string of the molecule is Cc1nnc(C(C)NC(=O)C2CCN(C(=O)C3CCCC3)CC2)o1. The van der Waals surface area contributed by atoms with E-state index < -0.39 is 0 Å². The van der Waals surface area contributed by atoms with E-state index in [1.54, 1.807) is 6.92 Å². The molecular formula is C17H26N4O3. The molecule has 1 aliphatic carbocycles. The van der Waals surface area contributed by atoms with E-state index >= 15 is 0 Å². The average Bonchev–Trinajstić information content (AvgIpc) is 3.26. The topological polar surface area (TPSA) is 88.3 Å². The van der Waals surface area contributed by atoms with Gasteiger partial charge in [-0.2, -0.15) is 0 Å². The molecule has 3 rings (SSSR count). The van der Waals surface area contributed by atoms with Crippen LogP contribution in [0.2, 0.25) is 0 Å². The minimum Gasteiger partial charge on any atom is -0.423 e. The lowest BCUT2D eigenvalue weighted by Gasteiger charge is -2.33. The Hall–Kier alpha value is -1.92. The molecule has 1 aliphatic heterocycles. The maximum atomic E-state index is 12.4. The fraction of sp³-hybridized carbons (Fsp3) is 0.765. The number of rotatable bonds is 4. The molecule has 1 N–H and O–H groups in total. The second-order valence-corrected chi connectivity index (χ2v) is 6.97. The van der Waals surface area contributed by atoms with Crippen LogP contribution in [0.1, 0.15) is 63.3 Å². The van der Waals surface area contributed by atoms with E-state index in [0.29, 0.717) is 30.8 Å². The number of carbonyl (C=O) groups excluding carboxylic acids is 2. The summed E-state index contributed by atoms with van der Waals surface area (Å²) in [6.45, 7) is 4.93. The first-order valence-electron chi connectivity index (χ1n) is 8.93. The quantitative estimate of drug-likeness (QED) is 0.909. The summed E-state index contributed by atoms with van der Waals surface area (Å²) in [7, 11) is 0. The zero-order chi connectivity index (χ0) is 17.1. The molecule has 0 spiro atoms. The van der Waals surface area contributed by atoms with Crippen LogP contribution in [0.3, 0.4) is 0 Å². The van der Waals surface area contributed by atoms with Gasteiger partial charge in [0.05, 0.1) is 0 Å². The first-order valence-corrected chi connectivity index (χ1v) is 8.93. The largest absolute Gasteiger partial charge is 0.423 e. The van der Waals surface area contributed by atoms with Crippen molar-refractivity contribution >= 4 is 11.8 Å². The second kappa shape index (κ2) is 7.32. The molecule has 0 radical (unpaired) electrons. The third-order valence-electron chi connectivity index (χ3n) is 5.15. The smallest absolute Gasteiger partial charge is 0.238 e. The molecule has 1 saturated heterocycles. The number of likely N-dealkylation sites (tertiary alicyclic amines) is 1. The molecule has 0 bridgehead atoms. The average molecular weight is 334 g/mol. The van der Waals surface area contributed by atoms with Crippen LogP contribution in [0.25, 0.3) is 0 Å². The van der Waals surface area contributed by atoms with Crippen molar-refractivity contribution in [2.24, 2.45) is 11.8 Å². The minimum atomic E-state index is -0.295. The van der Waals surface area contributed by atoms with Crippen molar-refractivity contribution in [3.05, 3.63) is 11.8 Å². The number of piperidine rings is 1. The number of amides is 2. The molecule has 1 saturated carbocycles. The molecule has 2 aliphatic rings. The van der Waals surface area contributed by atoms with Crippen LogP contribution in [-0.2, 0) is 9.59 Å². The van der Waals surface area contributed by atoms with E-state index in [1.165, 1.54) is 12.8 Å². The number of hydrogen-bond donors (Lipinski definition) is 1. The van der Waals surface area contributed by atoms with E-state index in [2.05, 4.69) is 15.5 Å². The van der Waals surface area contributed by atoms with Crippen molar-refractivity contribution in [3.63, 3.8) is 0 Å². The Bertz CT molecular complexity index is 586. The number of hydrogen-bond acceptors (Lipinski definition) is 5. The summed E-state index contributed by atoms with van der Waals surface area (Å²) in [5.41, 5.74) is 0. The van der Waals surface area contributed by atoms with E-state index in [4.69, 9.17) is 4.42 Å². The fourth-order valence-electron chi connectivity index (χ4n) is 3.67. The molecular weight excluding hydrogens is 308 g/mol. The van der Waals surface area contributed by atoms with Crippen LogP contribution < -0.4 is 5.32 Å². The lowest BCUT2D eigenvalue weighted by atomic mass is 9.94. The highest BCUT2D eigenvalue weighted by molar-refractivity contribution is 5.81. The molecule has 1 unspecified atom stereocenters. The van der Waals surface area contributed by atoms with Gasteiger partial charge >= 0.3 is 0 Å². The van der Waals surface area contributed by atoms with Crippen molar-refractivity contribution in [2.45, 2.75) is 58.4 Å². The number of aryl methyl sites for hydroxylation is 1. The maximum Gasteiger partial charge on any atom is 0.238 e. The predicted octanol–water partition coefficient (Wildman–Crippen LogP) is 1.98. The van der Waals surface area contributed by atoms with Gasteiger partial charge in [0.25, 0.3) is 0 Å². The van der Waals surface area contributed by atoms with Gasteiger partial charge in [0, 0.05) is 31.8 Å². The van der Waals surface area contributed by atoms with Crippen LogP contribution in [-0.4, -0.2) is 40.0 Å². The summed E-state index contributed by atoms with van der Waals surface area (Å²) in [6.07, 6.45) is 5.84. The molecule has 1 atom stereocenters. The number of nitrogens with one attached hydrogen (secondary N) is 1. The van der Waals surface area contributed by atoms with Crippen LogP contribution in [0.15, 0.2) is 4.42 Å². The maximum absolute atomic E-state index is 12.4. The molecule has 7 nitrogen and oxygen atoms in total. The van der Waals surface area contributed by atoms with Crippen molar-refractivity contribution in [1.82, 2.24) is 20.4 Å². The summed E-state index contributed by atoms with van der Waals surface area (Å²) in [5, 5.41) is 10.7. The van der Waals surface area contributed by atoms with Crippen LogP contribution in [0.4, 0.5) is 0 Å². The molecule has 7 heteroatoms. The first kappa shape index (κ1) is 16.9. The number of aromatic nitrogens is 2. The summed E-state index contributed by atoms with van der Waals surface area (Å²) in [5.74, 6) is 1.38. The lowest BCUT2D eigenvalue weighted by Crippen LogP contribution is -2.45. The highest BCUT2D eigenvalue weighted by Gasteiger charge is 2.32. The molecule has 2 amide bonds. The van der Waals surface area contributed by atoms with Crippen molar-refractivity contribution < 1.29 is 14.0 Å². The summed E-state index contributed by atoms with van der Waals surface area (Å²) >= 11 is 0.